The second-order valence-corrected chi connectivity index (χ2v) is 7.10. The topological polar surface area (TPSA) is 87.7 Å². The molecule has 148 valence electrons. The average Bonchev–Trinajstić information content (AvgIpc) is 2.85. The molecule has 1 heterocycles. The van der Waals surface area contributed by atoms with E-state index >= 15 is 0 Å². The molecular weight excluding hydrogens is 346 g/mol. The Morgan fingerprint density at radius 1 is 1.22 bits per heavy atom. The largest absolute Gasteiger partial charge is 0.497 e. The predicted octanol–water partition coefficient (Wildman–Crippen LogP) is 3.30. The number of unbranched alkanes of at least 4 members (excludes halogenated alkanes) is 4. The third-order valence-corrected chi connectivity index (χ3v) is 4.78. The average molecular weight is 375 g/mol. The molecule has 27 heavy (non-hydrogen) atoms. The molecule has 1 atom stereocenters. The van der Waals surface area contributed by atoms with Gasteiger partial charge in [-0.2, -0.15) is 0 Å². The van der Waals surface area contributed by atoms with Crippen molar-refractivity contribution in [3.63, 3.8) is 0 Å². The monoisotopic (exact) mass is 375 g/mol. The van der Waals surface area contributed by atoms with Crippen LogP contribution in [0, 0.1) is 0 Å². The Labute approximate surface area is 160 Å². The van der Waals surface area contributed by atoms with Gasteiger partial charge >= 0.3 is 6.03 Å². The van der Waals surface area contributed by atoms with E-state index in [1.165, 1.54) is 13.5 Å². The highest BCUT2D eigenvalue weighted by atomic mass is 16.5. The number of imide groups is 1. The molecule has 0 aliphatic carbocycles. The standard InChI is InChI=1S/C20H29N3O4/c1-4-5-6-7-8-12-20(2)18(25)23(19(26)22-20)14-17(24)21-15-10-9-11-16(13-15)27-3/h9-11,13H,4-8,12,14H2,1-3H3,(H,21,24)(H,22,26). The van der Waals surface area contributed by atoms with E-state index in [4.69, 9.17) is 4.74 Å². The van der Waals surface area contributed by atoms with E-state index in [-0.39, 0.29) is 12.5 Å². The van der Waals surface area contributed by atoms with Crippen LogP contribution in [0.1, 0.15) is 52.4 Å². The van der Waals surface area contributed by atoms with Crippen molar-refractivity contribution >= 4 is 23.5 Å². The van der Waals surface area contributed by atoms with Crippen LogP contribution in [0.3, 0.4) is 0 Å². The number of amides is 4. The highest BCUT2D eigenvalue weighted by Crippen LogP contribution is 2.24. The number of nitrogens with zero attached hydrogens (tertiary/aromatic N) is 1. The van der Waals surface area contributed by atoms with Gasteiger partial charge in [-0.1, -0.05) is 45.1 Å². The lowest BCUT2D eigenvalue weighted by molar-refractivity contribution is -0.133. The van der Waals surface area contributed by atoms with Crippen molar-refractivity contribution in [1.82, 2.24) is 10.2 Å². The van der Waals surface area contributed by atoms with Crippen LogP contribution in [-0.2, 0) is 9.59 Å². The van der Waals surface area contributed by atoms with E-state index in [2.05, 4.69) is 17.6 Å². The van der Waals surface area contributed by atoms with Gasteiger partial charge in [0.2, 0.25) is 5.91 Å². The number of anilines is 1. The quantitative estimate of drug-likeness (QED) is 0.485. The fourth-order valence-electron chi connectivity index (χ4n) is 3.19. The maximum Gasteiger partial charge on any atom is 0.325 e. The molecule has 1 fully saturated rings. The Bertz CT molecular complexity index is 692. The van der Waals surface area contributed by atoms with Crippen molar-refractivity contribution in [2.75, 3.05) is 19.0 Å². The Balaban J connectivity index is 1.91. The number of carbonyl (C=O) groups excluding carboxylic acids is 3. The number of ether oxygens (including phenoxy) is 1. The van der Waals surface area contributed by atoms with Gasteiger partial charge in [-0.25, -0.2) is 4.79 Å². The smallest absolute Gasteiger partial charge is 0.325 e. The summed E-state index contributed by atoms with van der Waals surface area (Å²) in [4.78, 5) is 38.2. The lowest BCUT2D eigenvalue weighted by Crippen LogP contribution is -2.44. The molecule has 1 aromatic carbocycles. The zero-order valence-electron chi connectivity index (χ0n) is 16.3. The van der Waals surface area contributed by atoms with Crippen LogP contribution in [0.15, 0.2) is 24.3 Å². The summed E-state index contributed by atoms with van der Waals surface area (Å²) in [6, 6.07) is 6.38. The molecule has 7 nitrogen and oxygen atoms in total. The molecule has 2 rings (SSSR count). The van der Waals surface area contributed by atoms with Gasteiger partial charge in [0.05, 0.1) is 7.11 Å². The molecule has 0 bridgehead atoms. The van der Waals surface area contributed by atoms with E-state index in [0.717, 1.165) is 30.6 Å². The Kier molecular flexibility index (Phi) is 7.21. The fraction of sp³-hybridized carbons (Fsp3) is 0.550. The molecule has 4 amide bonds. The zero-order valence-corrected chi connectivity index (χ0v) is 16.3. The molecule has 0 aromatic heterocycles. The van der Waals surface area contributed by atoms with Gasteiger partial charge in [-0.15, -0.1) is 0 Å². The molecule has 0 saturated carbocycles. The van der Waals surface area contributed by atoms with Gasteiger partial charge < -0.3 is 15.4 Å². The summed E-state index contributed by atoms with van der Waals surface area (Å²) in [6.07, 6.45) is 5.93. The van der Waals surface area contributed by atoms with Gasteiger partial charge in [0, 0.05) is 11.8 Å². The van der Waals surface area contributed by atoms with Crippen LogP contribution >= 0.6 is 0 Å². The molecule has 1 aliphatic heterocycles. The number of hydrogen-bond acceptors (Lipinski definition) is 4. The first-order valence-electron chi connectivity index (χ1n) is 9.47. The first kappa shape index (κ1) is 20.7. The molecule has 1 saturated heterocycles. The zero-order chi connectivity index (χ0) is 19.9. The minimum Gasteiger partial charge on any atom is -0.497 e. The van der Waals surface area contributed by atoms with E-state index in [1.54, 1.807) is 31.2 Å². The Morgan fingerprint density at radius 3 is 2.67 bits per heavy atom. The van der Waals surface area contributed by atoms with E-state index in [0.29, 0.717) is 17.9 Å². The summed E-state index contributed by atoms with van der Waals surface area (Å²) >= 11 is 0. The molecule has 7 heteroatoms. The van der Waals surface area contributed by atoms with Crippen LogP contribution in [0.4, 0.5) is 10.5 Å². The minimum atomic E-state index is -0.931. The van der Waals surface area contributed by atoms with Gasteiger partial charge in [0.25, 0.3) is 5.91 Å². The van der Waals surface area contributed by atoms with Crippen molar-refractivity contribution in [2.24, 2.45) is 0 Å². The molecule has 1 unspecified atom stereocenters. The van der Waals surface area contributed by atoms with Gasteiger partial charge in [0.15, 0.2) is 0 Å². The van der Waals surface area contributed by atoms with Gasteiger partial charge in [-0.3, -0.25) is 14.5 Å². The van der Waals surface area contributed by atoms with Crippen molar-refractivity contribution in [1.29, 1.82) is 0 Å². The van der Waals surface area contributed by atoms with Crippen molar-refractivity contribution in [3.8, 4) is 5.75 Å². The molecule has 1 aromatic rings. The summed E-state index contributed by atoms with van der Waals surface area (Å²) in [7, 11) is 1.54. The van der Waals surface area contributed by atoms with E-state index in [9.17, 15) is 14.4 Å². The number of rotatable bonds is 10. The first-order valence-corrected chi connectivity index (χ1v) is 9.47. The summed E-state index contributed by atoms with van der Waals surface area (Å²) < 4.78 is 5.11. The number of nitrogens with one attached hydrogen (secondary N) is 2. The van der Waals surface area contributed by atoms with Crippen LogP contribution in [0.25, 0.3) is 0 Å². The second-order valence-electron chi connectivity index (χ2n) is 7.10. The minimum absolute atomic E-state index is 0.312. The number of benzene rings is 1. The molecule has 0 spiro atoms. The van der Waals surface area contributed by atoms with Crippen LogP contribution in [-0.4, -0.2) is 41.9 Å². The van der Waals surface area contributed by atoms with Crippen LogP contribution in [0.5, 0.6) is 5.75 Å². The Hall–Kier alpha value is -2.57. The molecule has 0 radical (unpaired) electrons. The normalized spacial score (nSPS) is 19.1. The second kappa shape index (κ2) is 9.39. The summed E-state index contributed by atoms with van der Waals surface area (Å²) in [5.74, 6) is -0.166. The maximum atomic E-state index is 12.7. The van der Waals surface area contributed by atoms with Crippen LogP contribution < -0.4 is 15.4 Å². The molecule has 2 N–H and O–H groups in total. The number of urea groups is 1. The molecule has 1 aliphatic rings. The van der Waals surface area contributed by atoms with Gasteiger partial charge in [-0.05, 0) is 25.5 Å². The number of hydrogen-bond donors (Lipinski definition) is 2. The van der Waals surface area contributed by atoms with Crippen molar-refractivity contribution in [3.05, 3.63) is 24.3 Å². The summed E-state index contributed by atoms with van der Waals surface area (Å²) in [5, 5.41) is 5.43. The third-order valence-electron chi connectivity index (χ3n) is 4.78. The highest BCUT2D eigenvalue weighted by Gasteiger charge is 2.47. The van der Waals surface area contributed by atoms with Crippen molar-refractivity contribution in [2.45, 2.75) is 57.9 Å². The third kappa shape index (κ3) is 5.45. The number of methoxy groups -OCH3 is 1. The van der Waals surface area contributed by atoms with E-state index < -0.39 is 17.5 Å². The number of carbonyl (C=O) groups is 3. The van der Waals surface area contributed by atoms with Gasteiger partial charge in [0.1, 0.15) is 17.8 Å². The lowest BCUT2D eigenvalue weighted by atomic mass is 9.94. The van der Waals surface area contributed by atoms with Crippen molar-refractivity contribution < 1.29 is 19.1 Å². The van der Waals surface area contributed by atoms with Crippen LogP contribution in [0.2, 0.25) is 0 Å². The lowest BCUT2D eigenvalue weighted by Gasteiger charge is -2.21. The summed E-state index contributed by atoms with van der Waals surface area (Å²) in [5.41, 5.74) is -0.385. The predicted molar refractivity (Wildman–Crippen MR) is 104 cm³/mol. The fourth-order valence-corrected chi connectivity index (χ4v) is 3.19. The van der Waals surface area contributed by atoms with E-state index in [1.807, 2.05) is 0 Å². The first-order chi connectivity index (χ1) is 12.9. The SMILES string of the molecule is CCCCCCCC1(C)NC(=O)N(CC(=O)Nc2cccc(OC)c2)C1=O. The Morgan fingerprint density at radius 2 is 1.96 bits per heavy atom. The maximum absolute atomic E-state index is 12.7. The summed E-state index contributed by atoms with van der Waals surface area (Å²) in [6.45, 7) is 3.57. The molecular formula is C20H29N3O4. The highest BCUT2D eigenvalue weighted by molar-refractivity contribution is 6.09.